The molecular weight excluding hydrogens is 158 g/mol. The lowest BCUT2D eigenvalue weighted by molar-refractivity contribution is 0.581. The number of aryl methyl sites for hydroxylation is 1. The highest BCUT2D eigenvalue weighted by Gasteiger charge is 1.93. The van der Waals surface area contributed by atoms with E-state index in [1.165, 1.54) is 18.6 Å². The molecule has 0 atom stereocenters. The molecule has 12 heavy (non-hydrogen) atoms. The molecule has 0 amide bonds. The van der Waals surface area contributed by atoms with Crippen LogP contribution in [0.25, 0.3) is 0 Å². The first-order valence-corrected chi connectivity index (χ1v) is 4.02. The first kappa shape index (κ1) is 11.1. The van der Waals surface area contributed by atoms with Gasteiger partial charge >= 0.3 is 0 Å². The third-order valence-electron chi connectivity index (χ3n) is 1.01. The average Bonchev–Trinajstić information content (AvgIpc) is 1.84. The van der Waals surface area contributed by atoms with E-state index in [0.717, 1.165) is 6.07 Å². The molecule has 0 bridgehead atoms. The number of hydrogen-bond donors (Lipinski definition) is 0. The molecule has 1 rings (SSSR count). The van der Waals surface area contributed by atoms with Gasteiger partial charge < -0.3 is 0 Å². The Morgan fingerprint density at radius 1 is 1.00 bits per heavy atom. The molecule has 1 aromatic carbocycles. The monoisotopic (exact) mass is 172 g/mol. The van der Waals surface area contributed by atoms with E-state index in [1.807, 2.05) is 0 Å². The summed E-state index contributed by atoms with van der Waals surface area (Å²) in [5, 5.41) is 0. The molecule has 0 nitrogen and oxygen atoms in total. The summed E-state index contributed by atoms with van der Waals surface area (Å²) < 4.78 is 24.4. The Morgan fingerprint density at radius 2 is 1.33 bits per heavy atom. The summed E-state index contributed by atoms with van der Waals surface area (Å²) in [6.07, 6.45) is 1.25. The Labute approximate surface area is 72.2 Å². The zero-order chi connectivity index (χ0) is 9.56. The van der Waals surface area contributed by atoms with Gasteiger partial charge in [-0.15, -0.1) is 0 Å². The van der Waals surface area contributed by atoms with E-state index in [1.54, 1.807) is 6.92 Å². The maximum absolute atomic E-state index is 12.2. The molecule has 0 spiro atoms. The number of rotatable bonds is 0. The van der Waals surface area contributed by atoms with Crippen molar-refractivity contribution in [2.75, 3.05) is 0 Å². The molecule has 0 saturated carbocycles. The van der Waals surface area contributed by atoms with Crippen LogP contribution < -0.4 is 0 Å². The van der Waals surface area contributed by atoms with Crippen LogP contribution in [0.15, 0.2) is 18.2 Å². The van der Waals surface area contributed by atoms with E-state index < -0.39 is 11.6 Å². The fourth-order valence-corrected chi connectivity index (χ4v) is 0.692. The summed E-state index contributed by atoms with van der Waals surface area (Å²) in [5.41, 5.74) is 0.604. The molecular formula is C10H14F2. The summed E-state index contributed by atoms with van der Waals surface area (Å²) >= 11 is 0. The van der Waals surface area contributed by atoms with Crippen molar-refractivity contribution in [3.8, 4) is 0 Å². The van der Waals surface area contributed by atoms with Crippen molar-refractivity contribution < 1.29 is 8.78 Å². The maximum atomic E-state index is 12.2. The molecule has 0 saturated heterocycles. The van der Waals surface area contributed by atoms with Gasteiger partial charge in [0.1, 0.15) is 11.6 Å². The molecule has 0 aliphatic carbocycles. The average molecular weight is 172 g/mol. The first-order valence-electron chi connectivity index (χ1n) is 4.02. The fraction of sp³-hybridized carbons (Fsp3) is 0.400. The second-order valence-corrected chi connectivity index (χ2v) is 2.65. The molecule has 68 valence electrons. The minimum absolute atomic E-state index is 0.521. The minimum atomic E-state index is -0.521. The van der Waals surface area contributed by atoms with Gasteiger partial charge in [-0.25, -0.2) is 8.78 Å². The Balaban J connectivity index is 0.000000354. The van der Waals surface area contributed by atoms with Gasteiger partial charge in [0.25, 0.3) is 0 Å². The van der Waals surface area contributed by atoms with Crippen LogP contribution in [0.4, 0.5) is 8.78 Å². The first-order chi connectivity index (χ1) is 5.60. The summed E-state index contributed by atoms with van der Waals surface area (Å²) in [7, 11) is 0. The SMILES string of the molecule is CCC.Cc1cc(F)cc(F)c1. The van der Waals surface area contributed by atoms with E-state index in [2.05, 4.69) is 13.8 Å². The Kier molecular flexibility index (Phi) is 5.26. The van der Waals surface area contributed by atoms with Gasteiger partial charge in [-0.05, 0) is 24.6 Å². The van der Waals surface area contributed by atoms with Gasteiger partial charge in [0.15, 0.2) is 0 Å². The van der Waals surface area contributed by atoms with Crippen molar-refractivity contribution in [1.82, 2.24) is 0 Å². The van der Waals surface area contributed by atoms with Gasteiger partial charge in [-0.3, -0.25) is 0 Å². The van der Waals surface area contributed by atoms with Crippen LogP contribution in [0.5, 0.6) is 0 Å². The van der Waals surface area contributed by atoms with E-state index in [0.29, 0.717) is 5.56 Å². The third kappa shape index (κ3) is 4.83. The molecule has 0 fully saturated rings. The van der Waals surface area contributed by atoms with Crippen molar-refractivity contribution >= 4 is 0 Å². The number of benzene rings is 1. The van der Waals surface area contributed by atoms with Gasteiger partial charge in [-0.2, -0.15) is 0 Å². The molecule has 2 heteroatoms. The van der Waals surface area contributed by atoms with Crippen molar-refractivity contribution in [2.45, 2.75) is 27.2 Å². The lowest BCUT2D eigenvalue weighted by Gasteiger charge is -1.91. The molecule has 0 N–H and O–H groups in total. The molecule has 0 unspecified atom stereocenters. The van der Waals surface area contributed by atoms with Crippen molar-refractivity contribution in [3.05, 3.63) is 35.4 Å². The van der Waals surface area contributed by atoms with Crippen LogP contribution in [0.1, 0.15) is 25.8 Å². The highest BCUT2D eigenvalue weighted by atomic mass is 19.1. The van der Waals surface area contributed by atoms with Crippen molar-refractivity contribution in [2.24, 2.45) is 0 Å². The minimum Gasteiger partial charge on any atom is -0.207 e. The normalized spacial score (nSPS) is 8.75. The maximum Gasteiger partial charge on any atom is 0.126 e. The van der Waals surface area contributed by atoms with Crippen LogP contribution in [0.3, 0.4) is 0 Å². The van der Waals surface area contributed by atoms with Gasteiger partial charge in [0.05, 0.1) is 0 Å². The predicted molar refractivity (Wildman–Crippen MR) is 47.1 cm³/mol. The van der Waals surface area contributed by atoms with E-state index in [9.17, 15) is 8.78 Å². The third-order valence-corrected chi connectivity index (χ3v) is 1.01. The van der Waals surface area contributed by atoms with E-state index in [-0.39, 0.29) is 0 Å². The molecule has 0 aliphatic heterocycles. The van der Waals surface area contributed by atoms with Gasteiger partial charge in [0.2, 0.25) is 0 Å². The Morgan fingerprint density at radius 3 is 1.58 bits per heavy atom. The lowest BCUT2D eigenvalue weighted by atomic mass is 10.2. The Hall–Kier alpha value is -0.920. The van der Waals surface area contributed by atoms with Crippen molar-refractivity contribution in [1.29, 1.82) is 0 Å². The quantitative estimate of drug-likeness (QED) is 0.560. The zero-order valence-corrected chi connectivity index (χ0v) is 7.70. The predicted octanol–water partition coefficient (Wildman–Crippen LogP) is 3.69. The second-order valence-electron chi connectivity index (χ2n) is 2.65. The summed E-state index contributed by atoms with van der Waals surface area (Å²) in [5.74, 6) is -1.04. The largest absolute Gasteiger partial charge is 0.207 e. The summed E-state index contributed by atoms with van der Waals surface area (Å²) in [4.78, 5) is 0. The number of halogens is 2. The summed E-state index contributed by atoms with van der Waals surface area (Å²) in [6, 6.07) is 3.42. The summed E-state index contributed by atoms with van der Waals surface area (Å²) in [6.45, 7) is 5.90. The van der Waals surface area contributed by atoms with Crippen LogP contribution >= 0.6 is 0 Å². The van der Waals surface area contributed by atoms with E-state index >= 15 is 0 Å². The van der Waals surface area contributed by atoms with Crippen LogP contribution in [0.2, 0.25) is 0 Å². The zero-order valence-electron chi connectivity index (χ0n) is 7.70. The van der Waals surface area contributed by atoms with Gasteiger partial charge in [0, 0.05) is 6.07 Å². The van der Waals surface area contributed by atoms with Gasteiger partial charge in [-0.1, -0.05) is 20.3 Å². The topological polar surface area (TPSA) is 0 Å². The molecule has 0 radical (unpaired) electrons. The lowest BCUT2D eigenvalue weighted by Crippen LogP contribution is -1.80. The van der Waals surface area contributed by atoms with Crippen LogP contribution in [0, 0.1) is 18.6 Å². The van der Waals surface area contributed by atoms with Crippen LogP contribution in [-0.2, 0) is 0 Å². The highest BCUT2D eigenvalue weighted by molar-refractivity contribution is 5.15. The molecule has 0 aromatic heterocycles. The smallest absolute Gasteiger partial charge is 0.126 e. The van der Waals surface area contributed by atoms with E-state index in [4.69, 9.17) is 0 Å². The molecule has 1 aromatic rings. The molecule has 0 aliphatic rings. The highest BCUT2D eigenvalue weighted by Crippen LogP contribution is 2.05. The standard InChI is InChI=1S/C7H6F2.C3H8/c1-5-2-6(8)4-7(9)3-5;1-3-2/h2-4H,1H3;3H2,1-2H3. The van der Waals surface area contributed by atoms with Crippen LogP contribution in [-0.4, -0.2) is 0 Å². The Bertz CT molecular complexity index is 181. The number of hydrogen-bond acceptors (Lipinski definition) is 0. The fourth-order valence-electron chi connectivity index (χ4n) is 0.692. The van der Waals surface area contributed by atoms with Crippen molar-refractivity contribution in [3.63, 3.8) is 0 Å². The second kappa shape index (κ2) is 5.70. The molecule has 0 heterocycles.